The van der Waals surface area contributed by atoms with E-state index < -0.39 is 22.1 Å². The predicted molar refractivity (Wildman–Crippen MR) is 69.2 cm³/mol. The first-order valence-electron chi connectivity index (χ1n) is 5.73. The van der Waals surface area contributed by atoms with E-state index in [0.29, 0.717) is 24.6 Å². The van der Waals surface area contributed by atoms with E-state index in [4.69, 9.17) is 0 Å². The molecule has 1 heterocycles. The van der Waals surface area contributed by atoms with Gasteiger partial charge >= 0.3 is 6.36 Å². The zero-order valence-electron chi connectivity index (χ0n) is 10.3. The first-order chi connectivity index (χ1) is 9.29. The summed E-state index contributed by atoms with van der Waals surface area (Å²) >= 11 is 1.67. The molecule has 0 atom stereocenters. The highest BCUT2D eigenvalue weighted by Gasteiger charge is 2.31. The van der Waals surface area contributed by atoms with Crippen molar-refractivity contribution in [1.82, 2.24) is 4.31 Å². The summed E-state index contributed by atoms with van der Waals surface area (Å²) in [7, 11) is -3.64. The Morgan fingerprint density at radius 1 is 1.10 bits per heavy atom. The van der Waals surface area contributed by atoms with Gasteiger partial charge in [-0.1, -0.05) is 0 Å². The van der Waals surface area contributed by atoms with Crippen molar-refractivity contribution in [2.24, 2.45) is 0 Å². The van der Waals surface area contributed by atoms with Gasteiger partial charge in [-0.05, 0) is 24.3 Å². The number of halogens is 3. The molecule has 1 aliphatic rings. The zero-order chi connectivity index (χ0) is 14.8. The number of rotatable bonds is 3. The quantitative estimate of drug-likeness (QED) is 0.855. The molecular weight excluding hydrogens is 315 g/mol. The Kier molecular flexibility index (Phi) is 4.50. The highest BCUT2D eigenvalue weighted by molar-refractivity contribution is 7.99. The van der Waals surface area contributed by atoms with Gasteiger partial charge in [0.2, 0.25) is 10.0 Å². The number of sulfonamides is 1. The van der Waals surface area contributed by atoms with Gasteiger partial charge in [-0.2, -0.15) is 16.1 Å². The molecule has 0 radical (unpaired) electrons. The Balaban J connectivity index is 2.16. The summed E-state index contributed by atoms with van der Waals surface area (Å²) in [4.78, 5) is -0.0288. The first-order valence-corrected chi connectivity index (χ1v) is 8.32. The van der Waals surface area contributed by atoms with Gasteiger partial charge in [-0.3, -0.25) is 0 Å². The molecule has 0 amide bonds. The minimum Gasteiger partial charge on any atom is -0.406 e. The molecule has 2 rings (SSSR count). The third-order valence-corrected chi connectivity index (χ3v) is 5.52. The van der Waals surface area contributed by atoms with Crippen LogP contribution >= 0.6 is 11.8 Å². The second kappa shape index (κ2) is 5.82. The molecule has 1 fully saturated rings. The maximum atomic E-state index is 12.2. The lowest BCUT2D eigenvalue weighted by Crippen LogP contribution is -2.37. The molecule has 0 spiro atoms. The number of thioether (sulfide) groups is 1. The fourth-order valence-corrected chi connectivity index (χ4v) is 4.33. The van der Waals surface area contributed by atoms with Gasteiger partial charge in [0.1, 0.15) is 5.75 Å². The van der Waals surface area contributed by atoms with Crippen molar-refractivity contribution in [3.05, 3.63) is 24.3 Å². The predicted octanol–water partition coefficient (Wildman–Crippen LogP) is 2.32. The van der Waals surface area contributed by atoms with Crippen LogP contribution in [-0.4, -0.2) is 43.7 Å². The van der Waals surface area contributed by atoms with Gasteiger partial charge in [-0.15, -0.1) is 13.2 Å². The second-order valence-electron chi connectivity index (χ2n) is 4.04. The number of alkyl halides is 3. The lowest BCUT2D eigenvalue weighted by molar-refractivity contribution is -0.274. The standard InChI is InChI=1S/C11H12F3NO3S2/c12-11(13,14)18-9-1-3-10(4-2-9)20(16,17)15-5-7-19-8-6-15/h1-4H,5-8H2. The number of hydrogen-bond acceptors (Lipinski definition) is 4. The first kappa shape index (κ1) is 15.5. The van der Waals surface area contributed by atoms with Crippen LogP contribution in [0.4, 0.5) is 13.2 Å². The maximum absolute atomic E-state index is 12.2. The SMILES string of the molecule is O=S(=O)(c1ccc(OC(F)(F)F)cc1)N1CCSCC1. The van der Waals surface area contributed by atoms with Crippen LogP contribution in [0.5, 0.6) is 5.75 Å². The average molecular weight is 327 g/mol. The topological polar surface area (TPSA) is 46.6 Å². The second-order valence-corrected chi connectivity index (χ2v) is 7.20. The summed E-state index contributed by atoms with van der Waals surface area (Å²) in [5.41, 5.74) is 0. The summed E-state index contributed by atoms with van der Waals surface area (Å²) in [6.07, 6.45) is -4.79. The average Bonchev–Trinajstić information content (AvgIpc) is 2.38. The molecule has 4 nitrogen and oxygen atoms in total. The van der Waals surface area contributed by atoms with E-state index in [0.717, 1.165) is 24.3 Å². The van der Waals surface area contributed by atoms with Gasteiger partial charge < -0.3 is 4.74 Å². The summed E-state index contributed by atoms with van der Waals surface area (Å²) in [5.74, 6) is 0.994. The van der Waals surface area contributed by atoms with Crippen molar-refractivity contribution in [2.75, 3.05) is 24.6 Å². The summed E-state index contributed by atoms with van der Waals surface area (Å²) < 4.78 is 65.6. The molecule has 0 bridgehead atoms. The molecule has 0 unspecified atom stereocenters. The minimum absolute atomic E-state index is 0.0288. The molecule has 1 aromatic rings. The smallest absolute Gasteiger partial charge is 0.406 e. The maximum Gasteiger partial charge on any atom is 0.573 e. The minimum atomic E-state index is -4.79. The van der Waals surface area contributed by atoms with Crippen LogP contribution in [0.3, 0.4) is 0 Å². The number of benzene rings is 1. The molecular formula is C11H12F3NO3S2. The van der Waals surface area contributed by atoms with Crippen molar-refractivity contribution < 1.29 is 26.3 Å². The van der Waals surface area contributed by atoms with Gasteiger partial charge in [0.25, 0.3) is 0 Å². The van der Waals surface area contributed by atoms with E-state index in [2.05, 4.69) is 4.74 Å². The van der Waals surface area contributed by atoms with Crippen molar-refractivity contribution in [3.63, 3.8) is 0 Å². The van der Waals surface area contributed by atoms with Crippen LogP contribution in [0, 0.1) is 0 Å². The molecule has 0 aliphatic carbocycles. The molecule has 0 aromatic heterocycles. The van der Waals surface area contributed by atoms with Crippen LogP contribution in [0.2, 0.25) is 0 Å². The van der Waals surface area contributed by atoms with Crippen molar-refractivity contribution in [3.8, 4) is 5.75 Å². The Morgan fingerprint density at radius 3 is 2.15 bits per heavy atom. The van der Waals surface area contributed by atoms with Crippen molar-refractivity contribution in [1.29, 1.82) is 0 Å². The van der Waals surface area contributed by atoms with E-state index in [9.17, 15) is 21.6 Å². The molecule has 20 heavy (non-hydrogen) atoms. The highest BCUT2D eigenvalue weighted by atomic mass is 32.2. The van der Waals surface area contributed by atoms with E-state index in [1.165, 1.54) is 4.31 Å². The lowest BCUT2D eigenvalue weighted by Gasteiger charge is -2.25. The van der Waals surface area contributed by atoms with Gasteiger partial charge in [0.05, 0.1) is 4.90 Å². The fraction of sp³-hybridized carbons (Fsp3) is 0.455. The van der Waals surface area contributed by atoms with Crippen LogP contribution in [0.25, 0.3) is 0 Å². The summed E-state index contributed by atoms with van der Waals surface area (Å²) in [6, 6.07) is 4.24. The normalized spacial score (nSPS) is 17.9. The number of hydrogen-bond donors (Lipinski definition) is 0. The van der Waals surface area contributed by atoms with Crippen LogP contribution in [0.1, 0.15) is 0 Å². The molecule has 1 aromatic carbocycles. The molecule has 1 aliphatic heterocycles. The third kappa shape index (κ3) is 3.80. The Morgan fingerprint density at radius 2 is 1.65 bits per heavy atom. The Bertz CT molecular complexity index is 551. The van der Waals surface area contributed by atoms with Crippen LogP contribution < -0.4 is 4.74 Å². The molecule has 112 valence electrons. The lowest BCUT2D eigenvalue weighted by atomic mass is 10.3. The van der Waals surface area contributed by atoms with E-state index in [1.807, 2.05) is 0 Å². The molecule has 0 N–H and O–H groups in total. The molecule has 9 heteroatoms. The summed E-state index contributed by atoms with van der Waals surface area (Å²) in [6.45, 7) is 0.821. The van der Waals surface area contributed by atoms with Crippen molar-refractivity contribution >= 4 is 21.8 Å². The van der Waals surface area contributed by atoms with E-state index >= 15 is 0 Å². The van der Waals surface area contributed by atoms with E-state index in [-0.39, 0.29) is 4.90 Å². The van der Waals surface area contributed by atoms with Gasteiger partial charge in [0.15, 0.2) is 0 Å². The zero-order valence-corrected chi connectivity index (χ0v) is 11.9. The summed E-state index contributed by atoms with van der Waals surface area (Å²) in [5, 5.41) is 0. The Hall–Kier alpha value is -0.930. The van der Waals surface area contributed by atoms with Crippen LogP contribution in [0.15, 0.2) is 29.2 Å². The van der Waals surface area contributed by atoms with Crippen LogP contribution in [-0.2, 0) is 10.0 Å². The number of ether oxygens (including phenoxy) is 1. The van der Waals surface area contributed by atoms with Gasteiger partial charge in [0, 0.05) is 24.6 Å². The highest BCUT2D eigenvalue weighted by Crippen LogP contribution is 2.25. The molecule has 1 saturated heterocycles. The van der Waals surface area contributed by atoms with Crippen molar-refractivity contribution in [2.45, 2.75) is 11.3 Å². The van der Waals surface area contributed by atoms with E-state index in [1.54, 1.807) is 11.8 Å². The number of nitrogens with zero attached hydrogens (tertiary/aromatic N) is 1. The molecule has 0 saturated carbocycles. The largest absolute Gasteiger partial charge is 0.573 e. The van der Waals surface area contributed by atoms with Gasteiger partial charge in [-0.25, -0.2) is 8.42 Å². The fourth-order valence-electron chi connectivity index (χ4n) is 1.75. The third-order valence-electron chi connectivity index (χ3n) is 2.67. The monoisotopic (exact) mass is 327 g/mol. The Labute approximate surface area is 119 Å².